The Hall–Kier alpha value is -2.35. The van der Waals surface area contributed by atoms with Crippen molar-refractivity contribution in [3.8, 4) is 11.4 Å². The lowest BCUT2D eigenvalue weighted by Crippen LogP contribution is -2.22. The van der Waals surface area contributed by atoms with Crippen LogP contribution in [0.1, 0.15) is 28.8 Å². The van der Waals surface area contributed by atoms with Gasteiger partial charge in [0.05, 0.1) is 18.2 Å². The van der Waals surface area contributed by atoms with E-state index in [2.05, 4.69) is 0 Å². The molecule has 0 fully saturated rings. The molecule has 1 aliphatic rings. The molecule has 2 aromatic heterocycles. The van der Waals surface area contributed by atoms with Crippen LogP contribution in [-0.2, 0) is 18.6 Å². The number of benzene rings is 2. The number of hydrogen-bond donors (Lipinski definition) is 0. The van der Waals surface area contributed by atoms with Gasteiger partial charge in [-0.2, -0.15) is 0 Å². The van der Waals surface area contributed by atoms with Crippen molar-refractivity contribution in [2.24, 2.45) is 0 Å². The molecule has 0 saturated carbocycles. The lowest BCUT2D eigenvalue weighted by Gasteiger charge is -2.14. The van der Waals surface area contributed by atoms with E-state index in [1.807, 2.05) is 24.3 Å². The van der Waals surface area contributed by atoms with E-state index in [1.165, 1.54) is 22.7 Å². The average molecular weight is 487 g/mol. The zero-order chi connectivity index (χ0) is 22.2. The van der Waals surface area contributed by atoms with Gasteiger partial charge in [0.25, 0.3) is 5.56 Å². The van der Waals surface area contributed by atoms with Gasteiger partial charge in [-0.25, -0.2) is 9.37 Å². The van der Waals surface area contributed by atoms with Crippen LogP contribution in [0.15, 0.2) is 52.4 Å². The number of thioether (sulfide) groups is 1. The highest BCUT2D eigenvalue weighted by molar-refractivity contribution is 7.98. The van der Waals surface area contributed by atoms with E-state index in [9.17, 15) is 9.18 Å². The summed E-state index contributed by atoms with van der Waals surface area (Å²) in [5, 5.41) is 1.60. The lowest BCUT2D eigenvalue weighted by atomic mass is 9.97. The highest BCUT2D eigenvalue weighted by Crippen LogP contribution is 2.36. The topological polar surface area (TPSA) is 44.1 Å². The quantitative estimate of drug-likeness (QED) is 0.241. The van der Waals surface area contributed by atoms with Gasteiger partial charge in [0.2, 0.25) is 0 Å². The highest BCUT2D eigenvalue weighted by Gasteiger charge is 2.23. The zero-order valence-corrected chi connectivity index (χ0v) is 19.7. The van der Waals surface area contributed by atoms with Crippen LogP contribution < -0.4 is 10.3 Å². The third kappa shape index (κ3) is 3.83. The summed E-state index contributed by atoms with van der Waals surface area (Å²) in [4.78, 5) is 20.7. The number of thiophene rings is 1. The average Bonchev–Trinajstić information content (AvgIpc) is 3.18. The highest BCUT2D eigenvalue weighted by atomic mass is 35.5. The van der Waals surface area contributed by atoms with E-state index in [0.29, 0.717) is 32.6 Å². The molecule has 0 unspecified atom stereocenters. The van der Waals surface area contributed by atoms with E-state index >= 15 is 0 Å². The minimum absolute atomic E-state index is 0.0818. The molecule has 0 bridgehead atoms. The standard InChI is InChI=1S/C24H20ClFN2O2S2/c1-30-15-11-9-14(10-12-15)28-23(29)21-16-5-2-3-8-20(16)32-22(21)27-24(28)31-13-17-18(25)6-4-7-19(17)26/h4,6-7,9-12H,2-3,5,8,13H2,1H3. The minimum Gasteiger partial charge on any atom is -0.497 e. The van der Waals surface area contributed by atoms with Crippen molar-refractivity contribution >= 4 is 44.9 Å². The predicted molar refractivity (Wildman–Crippen MR) is 129 cm³/mol. The summed E-state index contributed by atoms with van der Waals surface area (Å²) in [6.07, 6.45) is 4.13. The summed E-state index contributed by atoms with van der Waals surface area (Å²) in [5.41, 5.74) is 2.16. The van der Waals surface area contributed by atoms with Gasteiger partial charge in [-0.1, -0.05) is 29.4 Å². The number of nitrogens with zero attached hydrogens (tertiary/aromatic N) is 2. The molecule has 0 radical (unpaired) electrons. The zero-order valence-electron chi connectivity index (χ0n) is 17.4. The molecule has 4 aromatic rings. The number of rotatable bonds is 5. The van der Waals surface area contributed by atoms with Gasteiger partial charge in [-0.05, 0) is 67.6 Å². The van der Waals surface area contributed by atoms with Gasteiger partial charge >= 0.3 is 0 Å². The summed E-state index contributed by atoms with van der Waals surface area (Å²) >= 11 is 9.15. The first-order valence-electron chi connectivity index (χ1n) is 10.3. The number of methoxy groups -OCH3 is 1. The molecule has 164 valence electrons. The van der Waals surface area contributed by atoms with Crippen molar-refractivity contribution < 1.29 is 9.13 Å². The summed E-state index contributed by atoms with van der Waals surface area (Å²) in [7, 11) is 1.60. The van der Waals surface area contributed by atoms with Crippen LogP contribution in [0, 0.1) is 5.82 Å². The number of hydrogen-bond acceptors (Lipinski definition) is 5. The predicted octanol–water partition coefficient (Wildman–Crippen LogP) is 6.42. The molecule has 2 heterocycles. The Labute approximate surface area is 198 Å². The van der Waals surface area contributed by atoms with Crippen LogP contribution in [0.3, 0.4) is 0 Å². The Bertz CT molecular complexity index is 1350. The third-order valence-electron chi connectivity index (χ3n) is 5.70. The maximum Gasteiger partial charge on any atom is 0.267 e. The monoisotopic (exact) mass is 486 g/mol. The molecule has 1 aliphatic carbocycles. The Morgan fingerprint density at radius 1 is 1.19 bits per heavy atom. The molecule has 0 N–H and O–H groups in total. The van der Waals surface area contributed by atoms with Crippen LogP contribution in [0.25, 0.3) is 15.9 Å². The number of aryl methyl sites for hydroxylation is 2. The van der Waals surface area contributed by atoms with Crippen molar-refractivity contribution in [1.29, 1.82) is 0 Å². The second-order valence-electron chi connectivity index (χ2n) is 7.61. The van der Waals surface area contributed by atoms with Gasteiger partial charge in [0.1, 0.15) is 16.4 Å². The first-order valence-corrected chi connectivity index (χ1v) is 12.5. The third-order valence-corrected chi connectivity index (χ3v) is 8.20. The summed E-state index contributed by atoms with van der Waals surface area (Å²) < 4.78 is 21.2. The van der Waals surface area contributed by atoms with Crippen LogP contribution in [0.2, 0.25) is 5.02 Å². The number of ether oxygens (including phenoxy) is 1. The SMILES string of the molecule is COc1ccc(-n2c(SCc3c(F)cccc3Cl)nc3sc4c(c3c2=O)CCCC4)cc1. The minimum atomic E-state index is -0.365. The Morgan fingerprint density at radius 3 is 2.72 bits per heavy atom. The molecule has 32 heavy (non-hydrogen) atoms. The van der Waals surface area contributed by atoms with Crippen molar-refractivity contribution in [1.82, 2.24) is 9.55 Å². The number of halogens is 2. The van der Waals surface area contributed by atoms with Crippen LogP contribution in [0.5, 0.6) is 5.75 Å². The van der Waals surface area contributed by atoms with Crippen LogP contribution in [0.4, 0.5) is 4.39 Å². The van der Waals surface area contributed by atoms with Crippen LogP contribution in [-0.4, -0.2) is 16.7 Å². The molecular weight excluding hydrogens is 467 g/mol. The van der Waals surface area contributed by atoms with E-state index in [-0.39, 0.29) is 17.1 Å². The normalized spacial score (nSPS) is 13.3. The molecule has 0 saturated heterocycles. The lowest BCUT2D eigenvalue weighted by molar-refractivity contribution is 0.414. The molecule has 2 aromatic carbocycles. The second kappa shape index (κ2) is 8.89. The Morgan fingerprint density at radius 2 is 1.97 bits per heavy atom. The van der Waals surface area contributed by atoms with Crippen LogP contribution >= 0.6 is 34.7 Å². The summed E-state index contributed by atoms with van der Waals surface area (Å²) in [5.74, 6) is 0.608. The molecule has 0 atom stereocenters. The van der Waals surface area contributed by atoms with E-state index in [0.717, 1.165) is 36.1 Å². The first-order chi connectivity index (χ1) is 15.6. The molecule has 0 amide bonds. The summed E-state index contributed by atoms with van der Waals surface area (Å²) in [6, 6.07) is 12.0. The first kappa shape index (κ1) is 21.5. The Kier molecular flexibility index (Phi) is 5.97. The van der Waals surface area contributed by atoms with Crippen molar-refractivity contribution in [3.63, 3.8) is 0 Å². The van der Waals surface area contributed by atoms with Crippen molar-refractivity contribution in [3.05, 3.63) is 79.7 Å². The fourth-order valence-electron chi connectivity index (χ4n) is 4.05. The fraction of sp³-hybridized carbons (Fsp3) is 0.250. The molecule has 8 heteroatoms. The maximum atomic E-state index is 14.3. The van der Waals surface area contributed by atoms with Gasteiger partial charge in [0, 0.05) is 21.2 Å². The molecule has 4 nitrogen and oxygen atoms in total. The number of fused-ring (bicyclic) bond motifs is 3. The van der Waals surface area contributed by atoms with Gasteiger partial charge in [-0.15, -0.1) is 11.3 Å². The van der Waals surface area contributed by atoms with E-state index in [4.69, 9.17) is 21.3 Å². The largest absolute Gasteiger partial charge is 0.497 e. The van der Waals surface area contributed by atoms with Gasteiger partial charge in [-0.3, -0.25) is 9.36 Å². The van der Waals surface area contributed by atoms with Gasteiger partial charge < -0.3 is 4.74 Å². The van der Waals surface area contributed by atoms with E-state index in [1.54, 1.807) is 35.1 Å². The molecule has 0 aliphatic heterocycles. The molecular formula is C24H20ClFN2O2S2. The summed E-state index contributed by atoms with van der Waals surface area (Å²) in [6.45, 7) is 0. The molecule has 5 rings (SSSR count). The van der Waals surface area contributed by atoms with Crippen molar-refractivity contribution in [2.75, 3.05) is 7.11 Å². The second-order valence-corrected chi connectivity index (χ2v) is 10.0. The maximum absolute atomic E-state index is 14.3. The van der Waals surface area contributed by atoms with Gasteiger partial charge in [0.15, 0.2) is 5.16 Å². The smallest absolute Gasteiger partial charge is 0.267 e. The number of aromatic nitrogens is 2. The Balaban J connectivity index is 1.66. The van der Waals surface area contributed by atoms with Crippen molar-refractivity contribution in [2.45, 2.75) is 36.6 Å². The van der Waals surface area contributed by atoms with E-state index < -0.39 is 0 Å². The fourth-order valence-corrected chi connectivity index (χ4v) is 6.71. The molecule has 0 spiro atoms.